The van der Waals surface area contributed by atoms with Gasteiger partial charge < -0.3 is 15.2 Å². The molecule has 0 spiro atoms. The molecule has 1 fully saturated rings. The average molecular weight is 270 g/mol. The Hall–Kier alpha value is -1.75. The second-order valence-electron chi connectivity index (χ2n) is 4.19. The lowest BCUT2D eigenvalue weighted by Crippen LogP contribution is -2.31. The molecule has 1 aliphatic carbocycles. The standard InChI is InChI=1S/C12H12ClNO4/c1-18-7-2-3-9(8(13)6-7)14-10(15)12(4-5-12)11(16)17/h2-3,6H,4-5H2,1H3,(H,14,15)(H,16,17). The Bertz CT molecular complexity index is 511. The predicted octanol–water partition coefficient (Wildman–Crippen LogP) is 2.15. The summed E-state index contributed by atoms with van der Waals surface area (Å²) in [5.41, 5.74) is -0.890. The number of nitrogens with one attached hydrogen (secondary N) is 1. The number of benzene rings is 1. The minimum absolute atomic E-state index is 0.309. The Morgan fingerprint density at radius 1 is 1.44 bits per heavy atom. The molecule has 1 saturated carbocycles. The van der Waals surface area contributed by atoms with E-state index in [4.69, 9.17) is 21.4 Å². The van der Waals surface area contributed by atoms with Crippen molar-refractivity contribution in [1.29, 1.82) is 0 Å². The van der Waals surface area contributed by atoms with Gasteiger partial charge in [-0.1, -0.05) is 11.6 Å². The van der Waals surface area contributed by atoms with E-state index in [1.54, 1.807) is 18.2 Å². The molecule has 1 amide bonds. The molecule has 0 aliphatic heterocycles. The van der Waals surface area contributed by atoms with Crippen molar-refractivity contribution in [1.82, 2.24) is 0 Å². The highest BCUT2D eigenvalue weighted by atomic mass is 35.5. The molecule has 5 nitrogen and oxygen atoms in total. The molecular formula is C12H12ClNO4. The number of halogens is 1. The highest BCUT2D eigenvalue weighted by molar-refractivity contribution is 6.34. The third kappa shape index (κ3) is 2.13. The van der Waals surface area contributed by atoms with Gasteiger partial charge in [0.05, 0.1) is 17.8 Å². The van der Waals surface area contributed by atoms with E-state index in [1.165, 1.54) is 7.11 Å². The van der Waals surface area contributed by atoms with E-state index in [0.717, 1.165) is 0 Å². The van der Waals surface area contributed by atoms with Gasteiger partial charge in [-0.25, -0.2) is 0 Å². The third-order valence-electron chi connectivity index (χ3n) is 3.02. The molecule has 1 aromatic carbocycles. The van der Waals surface area contributed by atoms with E-state index < -0.39 is 17.3 Å². The van der Waals surface area contributed by atoms with Gasteiger partial charge in [0.15, 0.2) is 0 Å². The van der Waals surface area contributed by atoms with Crippen LogP contribution < -0.4 is 10.1 Å². The minimum atomic E-state index is -1.27. The third-order valence-corrected chi connectivity index (χ3v) is 3.33. The van der Waals surface area contributed by atoms with Crippen molar-refractivity contribution < 1.29 is 19.4 Å². The highest BCUT2D eigenvalue weighted by Gasteiger charge is 2.57. The Morgan fingerprint density at radius 3 is 2.56 bits per heavy atom. The number of rotatable bonds is 4. The van der Waals surface area contributed by atoms with Gasteiger partial charge >= 0.3 is 5.97 Å². The van der Waals surface area contributed by atoms with Crippen LogP contribution in [0.3, 0.4) is 0 Å². The first kappa shape index (κ1) is 12.7. The fourth-order valence-corrected chi connectivity index (χ4v) is 1.85. The molecule has 96 valence electrons. The topological polar surface area (TPSA) is 75.6 Å². The number of anilines is 1. The quantitative estimate of drug-likeness (QED) is 0.821. The number of carboxylic acids is 1. The van der Waals surface area contributed by atoms with E-state index in [0.29, 0.717) is 29.3 Å². The summed E-state index contributed by atoms with van der Waals surface area (Å²) in [5, 5.41) is 11.8. The van der Waals surface area contributed by atoms with E-state index in [9.17, 15) is 9.59 Å². The number of ether oxygens (including phenoxy) is 1. The Labute approximate surface area is 109 Å². The SMILES string of the molecule is COc1ccc(NC(=O)C2(C(=O)O)CC2)c(Cl)c1. The molecule has 2 rings (SSSR count). The molecule has 2 N–H and O–H groups in total. The zero-order valence-corrected chi connectivity index (χ0v) is 10.5. The van der Waals surface area contributed by atoms with Crippen LogP contribution >= 0.6 is 11.6 Å². The molecule has 18 heavy (non-hydrogen) atoms. The number of carbonyl (C=O) groups is 2. The van der Waals surface area contributed by atoms with Crippen molar-refractivity contribution >= 4 is 29.2 Å². The first-order valence-electron chi connectivity index (χ1n) is 5.38. The van der Waals surface area contributed by atoms with Crippen molar-refractivity contribution in [2.24, 2.45) is 5.41 Å². The number of carboxylic acid groups (broad SMARTS) is 1. The predicted molar refractivity (Wildman–Crippen MR) is 65.9 cm³/mol. The van der Waals surface area contributed by atoms with Crippen molar-refractivity contribution in [3.63, 3.8) is 0 Å². The van der Waals surface area contributed by atoms with Crippen LogP contribution in [0.5, 0.6) is 5.75 Å². The molecule has 0 atom stereocenters. The Kier molecular flexibility index (Phi) is 3.17. The van der Waals surface area contributed by atoms with Crippen LogP contribution in [0.25, 0.3) is 0 Å². The zero-order chi connectivity index (χ0) is 13.3. The monoisotopic (exact) mass is 269 g/mol. The molecule has 1 aliphatic rings. The van der Waals surface area contributed by atoms with E-state index >= 15 is 0 Å². The lowest BCUT2D eigenvalue weighted by molar-refractivity contribution is -0.147. The van der Waals surface area contributed by atoms with Crippen LogP contribution in [0, 0.1) is 5.41 Å². The summed E-state index contributed by atoms with van der Waals surface area (Å²) in [6.07, 6.45) is 0.726. The van der Waals surface area contributed by atoms with Crippen LogP contribution in [0.4, 0.5) is 5.69 Å². The normalized spacial score (nSPS) is 15.9. The van der Waals surface area contributed by atoms with Crippen LogP contribution in [0.1, 0.15) is 12.8 Å². The second-order valence-corrected chi connectivity index (χ2v) is 4.59. The Balaban J connectivity index is 2.15. The number of carbonyl (C=O) groups excluding carboxylic acids is 1. The Morgan fingerprint density at radius 2 is 2.11 bits per heavy atom. The summed E-state index contributed by atoms with van der Waals surface area (Å²) in [5.74, 6) is -1.05. The summed E-state index contributed by atoms with van der Waals surface area (Å²) < 4.78 is 4.98. The van der Waals surface area contributed by atoms with Gasteiger partial charge in [0.1, 0.15) is 11.2 Å². The van der Waals surface area contributed by atoms with Crippen LogP contribution in [0.15, 0.2) is 18.2 Å². The fourth-order valence-electron chi connectivity index (χ4n) is 1.63. The van der Waals surface area contributed by atoms with Crippen LogP contribution in [-0.2, 0) is 9.59 Å². The first-order chi connectivity index (χ1) is 8.49. The van der Waals surface area contributed by atoms with Crippen molar-refractivity contribution in [2.75, 3.05) is 12.4 Å². The molecule has 0 heterocycles. The van der Waals surface area contributed by atoms with Gasteiger partial charge in [0.2, 0.25) is 5.91 Å². The average Bonchev–Trinajstić information content (AvgIpc) is 3.12. The van der Waals surface area contributed by atoms with Crippen molar-refractivity contribution in [3.8, 4) is 5.75 Å². The van der Waals surface area contributed by atoms with Gasteiger partial charge in [-0.05, 0) is 25.0 Å². The molecule has 0 saturated heterocycles. The van der Waals surface area contributed by atoms with E-state index in [-0.39, 0.29) is 0 Å². The summed E-state index contributed by atoms with van der Waals surface area (Å²) in [6.45, 7) is 0. The largest absolute Gasteiger partial charge is 0.497 e. The van der Waals surface area contributed by atoms with Gasteiger partial charge in [0, 0.05) is 6.07 Å². The van der Waals surface area contributed by atoms with E-state index in [2.05, 4.69) is 5.32 Å². The molecule has 0 radical (unpaired) electrons. The zero-order valence-electron chi connectivity index (χ0n) is 9.70. The van der Waals surface area contributed by atoms with Gasteiger partial charge in [-0.3, -0.25) is 9.59 Å². The van der Waals surface area contributed by atoms with Gasteiger partial charge in [0.25, 0.3) is 0 Å². The summed E-state index contributed by atoms with van der Waals surface area (Å²) in [7, 11) is 1.51. The van der Waals surface area contributed by atoms with Gasteiger partial charge in [-0.2, -0.15) is 0 Å². The lowest BCUT2D eigenvalue weighted by Gasteiger charge is -2.12. The summed E-state index contributed by atoms with van der Waals surface area (Å²) >= 11 is 5.96. The number of hydrogen-bond acceptors (Lipinski definition) is 3. The summed E-state index contributed by atoms with van der Waals surface area (Å²) in [6, 6.07) is 4.77. The maximum absolute atomic E-state index is 11.9. The van der Waals surface area contributed by atoms with Crippen LogP contribution in [0.2, 0.25) is 5.02 Å². The highest BCUT2D eigenvalue weighted by Crippen LogP contribution is 2.47. The number of hydrogen-bond donors (Lipinski definition) is 2. The molecule has 0 bridgehead atoms. The van der Waals surface area contributed by atoms with Gasteiger partial charge in [-0.15, -0.1) is 0 Å². The number of methoxy groups -OCH3 is 1. The molecule has 1 aromatic rings. The maximum Gasteiger partial charge on any atom is 0.319 e. The molecule has 0 aromatic heterocycles. The van der Waals surface area contributed by atoms with Crippen molar-refractivity contribution in [2.45, 2.75) is 12.8 Å². The molecule has 0 unspecified atom stereocenters. The van der Waals surface area contributed by atoms with Crippen molar-refractivity contribution in [3.05, 3.63) is 23.2 Å². The first-order valence-corrected chi connectivity index (χ1v) is 5.76. The van der Waals surface area contributed by atoms with E-state index in [1.807, 2.05) is 0 Å². The lowest BCUT2D eigenvalue weighted by atomic mass is 10.1. The fraction of sp³-hybridized carbons (Fsp3) is 0.333. The number of amides is 1. The summed E-state index contributed by atoms with van der Waals surface area (Å²) in [4.78, 5) is 22.8. The molecular weight excluding hydrogens is 258 g/mol. The smallest absolute Gasteiger partial charge is 0.319 e. The maximum atomic E-state index is 11.9. The minimum Gasteiger partial charge on any atom is -0.497 e. The second kappa shape index (κ2) is 4.49. The van der Waals surface area contributed by atoms with Crippen LogP contribution in [-0.4, -0.2) is 24.1 Å². The number of aliphatic carboxylic acids is 1. The molecule has 6 heteroatoms.